The predicted molar refractivity (Wildman–Crippen MR) is 72.8 cm³/mol. The largest absolute Gasteiger partial charge is 0.330 e. The van der Waals surface area contributed by atoms with E-state index in [0.717, 1.165) is 25.7 Å². The van der Waals surface area contributed by atoms with Crippen LogP contribution >= 0.6 is 23.2 Å². The number of rotatable bonds is 7. The summed E-state index contributed by atoms with van der Waals surface area (Å²) in [4.78, 5) is 19.1. The molecule has 0 atom stereocenters. The van der Waals surface area contributed by atoms with E-state index in [2.05, 4.69) is 15.3 Å². The summed E-state index contributed by atoms with van der Waals surface area (Å²) in [7, 11) is 0. The molecule has 1 aromatic rings. The lowest BCUT2D eigenvalue weighted by Crippen LogP contribution is -2.12. The summed E-state index contributed by atoms with van der Waals surface area (Å²) in [6, 6.07) is 1.46. The summed E-state index contributed by atoms with van der Waals surface area (Å²) in [5.74, 6) is 0.223. The summed E-state index contributed by atoms with van der Waals surface area (Å²) in [5.41, 5.74) is 5.38. The zero-order valence-electron chi connectivity index (χ0n) is 9.96. The van der Waals surface area contributed by atoms with Gasteiger partial charge in [-0.15, -0.1) is 0 Å². The van der Waals surface area contributed by atoms with Gasteiger partial charge in [0.1, 0.15) is 11.0 Å². The van der Waals surface area contributed by atoms with E-state index in [4.69, 9.17) is 28.9 Å². The molecule has 0 radical (unpaired) electrons. The Bertz CT molecular complexity index is 380. The Kier molecular flexibility index (Phi) is 6.93. The number of hydrogen-bond donors (Lipinski definition) is 2. The number of hydrogen-bond acceptors (Lipinski definition) is 4. The lowest BCUT2D eigenvalue weighted by atomic mass is 10.1. The molecule has 18 heavy (non-hydrogen) atoms. The third kappa shape index (κ3) is 6.14. The molecule has 0 aromatic carbocycles. The smallest absolute Gasteiger partial charge is 0.225 e. The molecule has 0 spiro atoms. The van der Waals surface area contributed by atoms with Gasteiger partial charge in [0, 0.05) is 12.5 Å². The number of nitrogens with zero attached hydrogens (tertiary/aromatic N) is 2. The molecular weight excluding hydrogens is 275 g/mol. The minimum Gasteiger partial charge on any atom is -0.330 e. The van der Waals surface area contributed by atoms with Crippen molar-refractivity contribution in [3.8, 4) is 0 Å². The Morgan fingerprint density at radius 2 is 1.94 bits per heavy atom. The fourth-order valence-electron chi connectivity index (χ4n) is 1.44. The second kappa shape index (κ2) is 8.24. The van der Waals surface area contributed by atoms with Crippen molar-refractivity contribution in [1.82, 2.24) is 9.97 Å². The van der Waals surface area contributed by atoms with Gasteiger partial charge in [-0.1, -0.05) is 24.4 Å². The Balaban J connectivity index is 2.31. The molecule has 0 bridgehead atoms. The van der Waals surface area contributed by atoms with Crippen LogP contribution < -0.4 is 11.1 Å². The van der Waals surface area contributed by atoms with Crippen molar-refractivity contribution in [3.63, 3.8) is 0 Å². The normalized spacial score (nSPS) is 10.4. The molecule has 0 aliphatic rings. The zero-order valence-corrected chi connectivity index (χ0v) is 11.5. The zero-order chi connectivity index (χ0) is 13.4. The van der Waals surface area contributed by atoms with Crippen LogP contribution in [0.25, 0.3) is 0 Å². The maximum absolute atomic E-state index is 11.6. The number of unbranched alkanes of at least 4 members (excludes halogenated alkanes) is 3. The van der Waals surface area contributed by atoms with Crippen LogP contribution in [0.1, 0.15) is 32.1 Å². The third-order valence-electron chi connectivity index (χ3n) is 2.29. The van der Waals surface area contributed by atoms with Crippen LogP contribution in [0.15, 0.2) is 6.07 Å². The van der Waals surface area contributed by atoms with Crippen LogP contribution in [-0.2, 0) is 4.79 Å². The Morgan fingerprint density at radius 3 is 2.61 bits per heavy atom. The molecule has 1 heterocycles. The molecule has 5 nitrogen and oxygen atoms in total. The van der Waals surface area contributed by atoms with Gasteiger partial charge in [-0.2, -0.15) is 0 Å². The fourth-order valence-corrected chi connectivity index (χ4v) is 1.85. The SMILES string of the molecule is NCCCCCCC(=O)Nc1cc(Cl)nc(Cl)n1. The van der Waals surface area contributed by atoms with Gasteiger partial charge < -0.3 is 11.1 Å². The Labute approximate surface area is 116 Å². The average molecular weight is 291 g/mol. The highest BCUT2D eigenvalue weighted by molar-refractivity contribution is 6.32. The average Bonchev–Trinajstić information content (AvgIpc) is 2.27. The van der Waals surface area contributed by atoms with Gasteiger partial charge in [-0.05, 0) is 31.0 Å². The molecule has 0 aliphatic heterocycles. The summed E-state index contributed by atoms with van der Waals surface area (Å²) in [6.45, 7) is 0.699. The molecule has 0 unspecified atom stereocenters. The third-order valence-corrected chi connectivity index (χ3v) is 2.66. The molecule has 7 heteroatoms. The molecule has 0 saturated heterocycles. The van der Waals surface area contributed by atoms with Crippen molar-refractivity contribution in [2.75, 3.05) is 11.9 Å². The summed E-state index contributed by atoms with van der Waals surface area (Å²) < 4.78 is 0. The highest BCUT2D eigenvalue weighted by Gasteiger charge is 2.06. The lowest BCUT2D eigenvalue weighted by molar-refractivity contribution is -0.116. The van der Waals surface area contributed by atoms with Crippen LogP contribution in [0.5, 0.6) is 0 Å². The van der Waals surface area contributed by atoms with Crippen molar-refractivity contribution < 1.29 is 4.79 Å². The Hall–Kier alpha value is -0.910. The highest BCUT2D eigenvalue weighted by Crippen LogP contribution is 2.14. The van der Waals surface area contributed by atoms with Crippen molar-refractivity contribution in [1.29, 1.82) is 0 Å². The molecule has 1 amide bonds. The van der Waals surface area contributed by atoms with E-state index in [0.29, 0.717) is 18.8 Å². The van der Waals surface area contributed by atoms with E-state index in [-0.39, 0.29) is 16.3 Å². The van der Waals surface area contributed by atoms with Crippen LogP contribution in [0.2, 0.25) is 10.4 Å². The van der Waals surface area contributed by atoms with E-state index >= 15 is 0 Å². The second-order valence-electron chi connectivity index (χ2n) is 3.85. The number of carbonyl (C=O) groups is 1. The van der Waals surface area contributed by atoms with Gasteiger partial charge in [-0.25, -0.2) is 9.97 Å². The van der Waals surface area contributed by atoms with E-state index < -0.39 is 0 Å². The molecule has 1 rings (SSSR count). The van der Waals surface area contributed by atoms with E-state index in [1.807, 2.05) is 0 Å². The van der Waals surface area contributed by atoms with Crippen LogP contribution in [0, 0.1) is 0 Å². The van der Waals surface area contributed by atoms with Crippen molar-refractivity contribution in [2.24, 2.45) is 5.73 Å². The number of nitrogens with one attached hydrogen (secondary N) is 1. The van der Waals surface area contributed by atoms with E-state index in [9.17, 15) is 4.79 Å². The molecule has 1 aromatic heterocycles. The maximum atomic E-state index is 11.6. The lowest BCUT2D eigenvalue weighted by Gasteiger charge is -2.04. The number of anilines is 1. The Morgan fingerprint density at radius 1 is 1.22 bits per heavy atom. The fraction of sp³-hybridized carbons (Fsp3) is 0.545. The molecule has 0 saturated carbocycles. The topological polar surface area (TPSA) is 80.9 Å². The predicted octanol–water partition coefficient (Wildman–Crippen LogP) is 2.63. The summed E-state index contributed by atoms with van der Waals surface area (Å²) in [5, 5.41) is 2.85. The van der Waals surface area contributed by atoms with Crippen LogP contribution in [0.4, 0.5) is 5.82 Å². The second-order valence-corrected chi connectivity index (χ2v) is 4.57. The number of nitrogens with two attached hydrogens (primary N) is 1. The van der Waals surface area contributed by atoms with Gasteiger partial charge in [0.25, 0.3) is 0 Å². The first-order chi connectivity index (χ1) is 8.61. The van der Waals surface area contributed by atoms with Gasteiger partial charge in [0.05, 0.1) is 0 Å². The van der Waals surface area contributed by atoms with Crippen LogP contribution in [-0.4, -0.2) is 22.4 Å². The quantitative estimate of drug-likeness (QED) is 0.459. The first kappa shape index (κ1) is 15.1. The molecule has 0 aliphatic carbocycles. The summed E-state index contributed by atoms with van der Waals surface area (Å²) >= 11 is 11.3. The van der Waals surface area contributed by atoms with Crippen molar-refractivity contribution in [3.05, 3.63) is 16.5 Å². The van der Waals surface area contributed by atoms with Crippen molar-refractivity contribution in [2.45, 2.75) is 32.1 Å². The summed E-state index contributed by atoms with van der Waals surface area (Å²) in [6.07, 6.45) is 4.33. The number of halogens is 2. The van der Waals surface area contributed by atoms with E-state index in [1.165, 1.54) is 6.07 Å². The van der Waals surface area contributed by atoms with Gasteiger partial charge >= 0.3 is 0 Å². The molecule has 3 N–H and O–H groups in total. The standard InChI is InChI=1S/C11H16Cl2N4O/c12-8-7-9(17-11(13)15-8)16-10(18)5-3-1-2-4-6-14/h7H,1-6,14H2,(H,15,16,17,18). The molecule has 0 fully saturated rings. The first-order valence-electron chi connectivity index (χ1n) is 5.82. The van der Waals surface area contributed by atoms with Gasteiger partial charge in [0.15, 0.2) is 0 Å². The van der Waals surface area contributed by atoms with Gasteiger partial charge in [-0.3, -0.25) is 4.79 Å². The monoisotopic (exact) mass is 290 g/mol. The number of amides is 1. The molecule has 100 valence electrons. The molecular formula is C11H16Cl2N4O. The number of carbonyl (C=O) groups excluding carboxylic acids is 1. The van der Waals surface area contributed by atoms with Crippen LogP contribution in [0.3, 0.4) is 0 Å². The first-order valence-corrected chi connectivity index (χ1v) is 6.57. The van der Waals surface area contributed by atoms with E-state index in [1.54, 1.807) is 0 Å². The number of aromatic nitrogens is 2. The minimum absolute atomic E-state index is 0.0146. The van der Waals surface area contributed by atoms with Gasteiger partial charge in [0.2, 0.25) is 11.2 Å². The minimum atomic E-state index is -0.103. The highest BCUT2D eigenvalue weighted by atomic mass is 35.5. The van der Waals surface area contributed by atoms with Crippen molar-refractivity contribution >= 4 is 34.9 Å². The maximum Gasteiger partial charge on any atom is 0.225 e.